The minimum atomic E-state index is -0.345. The number of hydrogen-bond acceptors (Lipinski definition) is 7. The molecule has 2 aliphatic heterocycles. The SMILES string of the molecule is Cc1ccn2c(-c3ccc(Nc4ccc(N5CCO[C@@H](CN(C)C)C5)cn4)c4c3CNC4=O)cnc2c1F. The lowest BCUT2D eigenvalue weighted by Crippen LogP contribution is -2.46. The lowest BCUT2D eigenvalue weighted by atomic mass is 9.99. The van der Waals surface area contributed by atoms with Crippen LogP contribution in [-0.4, -0.2) is 71.6 Å². The number of carbonyl (C=O) groups is 1. The van der Waals surface area contributed by atoms with Gasteiger partial charge in [-0.25, -0.2) is 14.4 Å². The third kappa shape index (κ3) is 4.35. The maximum Gasteiger partial charge on any atom is 0.254 e. The number of aryl methyl sites for hydroxylation is 1. The molecule has 38 heavy (non-hydrogen) atoms. The normalized spacial score (nSPS) is 17.2. The van der Waals surface area contributed by atoms with E-state index in [4.69, 9.17) is 4.74 Å². The van der Waals surface area contributed by atoms with E-state index in [9.17, 15) is 9.18 Å². The molecular weight excluding hydrogens is 485 g/mol. The molecule has 1 saturated heterocycles. The van der Waals surface area contributed by atoms with E-state index in [1.54, 1.807) is 23.6 Å². The maximum atomic E-state index is 14.6. The molecule has 196 valence electrons. The average molecular weight is 516 g/mol. The summed E-state index contributed by atoms with van der Waals surface area (Å²) >= 11 is 0. The van der Waals surface area contributed by atoms with Gasteiger partial charge in [-0.3, -0.25) is 9.20 Å². The Labute approximate surface area is 220 Å². The first-order valence-electron chi connectivity index (χ1n) is 12.7. The molecule has 10 heteroatoms. The summed E-state index contributed by atoms with van der Waals surface area (Å²) in [5.74, 6) is 0.147. The Kier molecular flexibility index (Phi) is 6.21. The van der Waals surface area contributed by atoms with Gasteiger partial charge < -0.3 is 25.2 Å². The van der Waals surface area contributed by atoms with Gasteiger partial charge in [-0.2, -0.15) is 0 Å². The second kappa shape index (κ2) is 9.70. The fourth-order valence-electron chi connectivity index (χ4n) is 5.26. The summed E-state index contributed by atoms with van der Waals surface area (Å²) < 4.78 is 22.2. The summed E-state index contributed by atoms with van der Waals surface area (Å²) in [6.07, 6.45) is 5.47. The zero-order chi connectivity index (χ0) is 26.4. The molecule has 1 atom stereocenters. The van der Waals surface area contributed by atoms with Gasteiger partial charge in [-0.05, 0) is 56.4 Å². The Morgan fingerprint density at radius 3 is 2.84 bits per heavy atom. The number of halogens is 1. The summed E-state index contributed by atoms with van der Waals surface area (Å²) in [7, 11) is 4.10. The smallest absolute Gasteiger partial charge is 0.254 e. The van der Waals surface area contributed by atoms with Gasteiger partial charge >= 0.3 is 0 Å². The number of hydrogen-bond donors (Lipinski definition) is 2. The number of ether oxygens (including phenoxy) is 1. The van der Waals surface area contributed by atoms with Crippen LogP contribution in [0.3, 0.4) is 0 Å². The molecule has 0 aliphatic carbocycles. The van der Waals surface area contributed by atoms with Gasteiger partial charge in [0.05, 0.1) is 47.7 Å². The van der Waals surface area contributed by atoms with Crippen LogP contribution in [-0.2, 0) is 11.3 Å². The van der Waals surface area contributed by atoms with Crippen molar-refractivity contribution < 1.29 is 13.9 Å². The molecule has 0 spiro atoms. The monoisotopic (exact) mass is 515 g/mol. The Morgan fingerprint density at radius 1 is 1.18 bits per heavy atom. The third-order valence-electron chi connectivity index (χ3n) is 7.14. The van der Waals surface area contributed by atoms with Crippen LogP contribution in [0.5, 0.6) is 0 Å². The molecule has 9 nitrogen and oxygen atoms in total. The summed E-state index contributed by atoms with van der Waals surface area (Å²) in [6.45, 7) is 5.29. The Balaban J connectivity index is 1.26. The van der Waals surface area contributed by atoms with Crippen LogP contribution in [0.15, 0.2) is 48.9 Å². The van der Waals surface area contributed by atoms with E-state index in [0.29, 0.717) is 35.8 Å². The number of imidazole rings is 1. The number of rotatable bonds is 6. The average Bonchev–Trinajstić information content (AvgIpc) is 3.51. The predicted octanol–water partition coefficient (Wildman–Crippen LogP) is 3.60. The minimum Gasteiger partial charge on any atom is -0.373 e. The lowest BCUT2D eigenvalue weighted by molar-refractivity contribution is 0.0247. The molecule has 2 N–H and O–H groups in total. The first-order valence-corrected chi connectivity index (χ1v) is 12.7. The van der Waals surface area contributed by atoms with Gasteiger partial charge in [0.1, 0.15) is 5.82 Å². The number of likely N-dealkylation sites (N-methyl/N-ethyl adjacent to an activating group) is 1. The molecule has 2 aliphatic rings. The van der Waals surface area contributed by atoms with Crippen LogP contribution < -0.4 is 15.5 Å². The quantitative estimate of drug-likeness (QED) is 0.406. The number of morpholine rings is 1. The standard InChI is InChI=1S/C28H30FN7O2/c1-17-8-9-36-23(14-31-27(36)26(17)29)20-5-6-22(25-21(20)13-32-28(25)37)33-24-7-4-18(12-30-24)35-10-11-38-19(16-35)15-34(2)3/h4-9,12,14,19H,10-11,13,15-16H2,1-3H3,(H,30,33)(H,32,37)/t19-/m0/s1. The van der Waals surface area contributed by atoms with Crippen LogP contribution in [0.1, 0.15) is 21.5 Å². The first-order chi connectivity index (χ1) is 18.4. The summed E-state index contributed by atoms with van der Waals surface area (Å²) in [6, 6.07) is 9.50. The van der Waals surface area contributed by atoms with Gasteiger partial charge in [0.15, 0.2) is 11.5 Å². The maximum absolute atomic E-state index is 14.6. The fourth-order valence-corrected chi connectivity index (χ4v) is 5.26. The molecule has 5 heterocycles. The molecule has 1 aromatic carbocycles. The van der Waals surface area contributed by atoms with Crippen molar-refractivity contribution in [2.75, 3.05) is 50.6 Å². The van der Waals surface area contributed by atoms with Gasteiger partial charge in [0.25, 0.3) is 5.91 Å². The van der Waals surface area contributed by atoms with Gasteiger partial charge in [0, 0.05) is 37.9 Å². The number of nitrogens with one attached hydrogen (secondary N) is 2. The van der Waals surface area contributed by atoms with Crippen LogP contribution in [0, 0.1) is 12.7 Å². The van der Waals surface area contributed by atoms with Crippen LogP contribution in [0.25, 0.3) is 16.9 Å². The Morgan fingerprint density at radius 2 is 2.05 bits per heavy atom. The second-order valence-corrected chi connectivity index (χ2v) is 10.1. The lowest BCUT2D eigenvalue weighted by Gasteiger charge is -2.35. The van der Waals surface area contributed by atoms with Crippen LogP contribution in [0.2, 0.25) is 0 Å². The second-order valence-electron chi connectivity index (χ2n) is 10.1. The van der Waals surface area contributed by atoms with Crippen molar-refractivity contribution in [3.05, 3.63) is 71.4 Å². The largest absolute Gasteiger partial charge is 0.373 e. The van der Waals surface area contributed by atoms with Crippen molar-refractivity contribution in [3.8, 4) is 11.3 Å². The van der Waals surface area contributed by atoms with Crippen molar-refractivity contribution in [1.29, 1.82) is 0 Å². The number of amides is 1. The van der Waals surface area contributed by atoms with Crippen molar-refractivity contribution in [1.82, 2.24) is 24.6 Å². The van der Waals surface area contributed by atoms with E-state index in [1.807, 2.05) is 50.8 Å². The van der Waals surface area contributed by atoms with E-state index in [0.717, 1.165) is 42.1 Å². The Bertz CT molecular complexity index is 1520. The molecule has 0 bridgehead atoms. The summed E-state index contributed by atoms with van der Waals surface area (Å²) in [5, 5.41) is 6.25. The molecule has 0 radical (unpaired) electrons. The fraction of sp³-hybridized carbons (Fsp3) is 0.321. The number of anilines is 3. The number of aromatic nitrogens is 3. The minimum absolute atomic E-state index is 0.155. The highest BCUT2D eigenvalue weighted by Crippen LogP contribution is 2.36. The van der Waals surface area contributed by atoms with Crippen molar-refractivity contribution >= 4 is 28.7 Å². The van der Waals surface area contributed by atoms with E-state index in [2.05, 4.69) is 30.4 Å². The Hall–Kier alpha value is -4.02. The van der Waals surface area contributed by atoms with Gasteiger partial charge in [0.2, 0.25) is 0 Å². The highest BCUT2D eigenvalue weighted by molar-refractivity contribution is 6.06. The van der Waals surface area contributed by atoms with Crippen molar-refractivity contribution in [2.24, 2.45) is 0 Å². The molecule has 0 unspecified atom stereocenters. The number of nitrogens with zero attached hydrogens (tertiary/aromatic N) is 5. The summed E-state index contributed by atoms with van der Waals surface area (Å²) in [5.41, 5.74) is 5.50. The molecule has 4 aromatic rings. The molecule has 0 saturated carbocycles. The van der Waals surface area contributed by atoms with E-state index in [1.165, 1.54) is 0 Å². The predicted molar refractivity (Wildman–Crippen MR) is 145 cm³/mol. The van der Waals surface area contributed by atoms with E-state index < -0.39 is 0 Å². The zero-order valence-electron chi connectivity index (χ0n) is 21.7. The van der Waals surface area contributed by atoms with E-state index >= 15 is 0 Å². The highest BCUT2D eigenvalue weighted by atomic mass is 19.1. The number of fused-ring (bicyclic) bond motifs is 2. The van der Waals surface area contributed by atoms with Crippen LogP contribution >= 0.6 is 0 Å². The number of carbonyl (C=O) groups excluding carboxylic acids is 1. The van der Waals surface area contributed by atoms with Crippen molar-refractivity contribution in [3.63, 3.8) is 0 Å². The van der Waals surface area contributed by atoms with Gasteiger partial charge in [-0.15, -0.1) is 0 Å². The number of pyridine rings is 2. The zero-order valence-corrected chi connectivity index (χ0v) is 21.7. The number of benzene rings is 1. The third-order valence-corrected chi connectivity index (χ3v) is 7.14. The van der Waals surface area contributed by atoms with E-state index in [-0.39, 0.29) is 23.5 Å². The molecular formula is C28H30FN7O2. The topological polar surface area (TPSA) is 87.0 Å². The molecule has 1 amide bonds. The van der Waals surface area contributed by atoms with Crippen molar-refractivity contribution in [2.45, 2.75) is 19.6 Å². The molecule has 1 fully saturated rings. The first kappa shape index (κ1) is 24.3. The van der Waals surface area contributed by atoms with Gasteiger partial charge in [-0.1, -0.05) is 6.07 Å². The molecule has 3 aromatic heterocycles. The summed E-state index contributed by atoms with van der Waals surface area (Å²) in [4.78, 5) is 26.2. The van der Waals surface area contributed by atoms with Crippen LogP contribution in [0.4, 0.5) is 21.6 Å². The molecule has 6 rings (SSSR count). The highest BCUT2D eigenvalue weighted by Gasteiger charge is 2.28.